The molecule has 2 amide bonds. The minimum Gasteiger partial charge on any atom is -0.352 e. The maximum atomic E-state index is 13.3. The van der Waals surface area contributed by atoms with Crippen LogP contribution in [0.1, 0.15) is 43.7 Å². The zero-order valence-corrected chi connectivity index (χ0v) is 19.9. The van der Waals surface area contributed by atoms with Gasteiger partial charge in [-0.15, -0.1) is 0 Å². The van der Waals surface area contributed by atoms with Crippen LogP contribution in [0.3, 0.4) is 0 Å². The van der Waals surface area contributed by atoms with Crippen molar-refractivity contribution in [3.8, 4) is 0 Å². The van der Waals surface area contributed by atoms with E-state index in [1.54, 1.807) is 30.0 Å². The van der Waals surface area contributed by atoms with Gasteiger partial charge in [-0.3, -0.25) is 9.59 Å². The fourth-order valence-corrected chi connectivity index (χ4v) is 4.66. The van der Waals surface area contributed by atoms with Crippen LogP contribution in [0.2, 0.25) is 10.0 Å². The van der Waals surface area contributed by atoms with Crippen molar-refractivity contribution >= 4 is 50.9 Å². The van der Waals surface area contributed by atoms with Gasteiger partial charge in [-0.25, -0.2) is 0 Å². The first-order valence-electron chi connectivity index (χ1n) is 10.1. The summed E-state index contributed by atoms with van der Waals surface area (Å²) in [5, 5.41) is 4.07. The molecule has 0 saturated heterocycles. The largest absolute Gasteiger partial charge is 0.352 e. The van der Waals surface area contributed by atoms with Crippen molar-refractivity contribution in [1.29, 1.82) is 0 Å². The number of halogens is 3. The molecular formula is C23H25BrCl2N2O2. The number of nitrogens with zero attached hydrogens (tertiary/aromatic N) is 1. The van der Waals surface area contributed by atoms with Gasteiger partial charge in [-0.05, 0) is 55.2 Å². The van der Waals surface area contributed by atoms with Crippen LogP contribution >= 0.6 is 39.1 Å². The third-order valence-electron chi connectivity index (χ3n) is 5.47. The highest BCUT2D eigenvalue weighted by molar-refractivity contribution is 9.10. The van der Waals surface area contributed by atoms with E-state index in [1.165, 1.54) is 0 Å². The van der Waals surface area contributed by atoms with Crippen LogP contribution < -0.4 is 5.32 Å². The maximum absolute atomic E-state index is 13.3. The molecule has 1 fully saturated rings. The van der Waals surface area contributed by atoms with Gasteiger partial charge in [0.15, 0.2) is 0 Å². The lowest BCUT2D eigenvalue weighted by molar-refractivity contribution is -0.140. The molecule has 4 nitrogen and oxygen atoms in total. The molecule has 0 aliphatic heterocycles. The average molecular weight is 512 g/mol. The number of amides is 2. The van der Waals surface area contributed by atoms with E-state index in [2.05, 4.69) is 21.2 Å². The zero-order chi connectivity index (χ0) is 21.7. The van der Waals surface area contributed by atoms with Gasteiger partial charge in [-0.2, -0.15) is 0 Å². The summed E-state index contributed by atoms with van der Waals surface area (Å²) in [5.41, 5.74) is 1.63. The van der Waals surface area contributed by atoms with Gasteiger partial charge in [0.2, 0.25) is 11.8 Å². The molecule has 0 aromatic heterocycles. The molecule has 3 rings (SSSR count). The fraction of sp³-hybridized carbons (Fsp3) is 0.391. The van der Waals surface area contributed by atoms with Crippen LogP contribution in [0.5, 0.6) is 0 Å². The van der Waals surface area contributed by atoms with Crippen molar-refractivity contribution in [2.24, 2.45) is 0 Å². The van der Waals surface area contributed by atoms with Crippen LogP contribution in [0, 0.1) is 0 Å². The number of benzene rings is 2. The standard InChI is InChI=1S/C23H25BrCl2N2O2/c1-15(23(30)27-20-7-2-3-8-20)28(14-16-5-4-6-18(24)11-16)22(29)12-17-9-10-19(25)13-21(17)26/h4-6,9-11,13,15,20H,2-3,7-8,12,14H2,1H3,(H,27,30)/t15-/m0/s1. The molecule has 0 spiro atoms. The van der Waals surface area contributed by atoms with Crippen molar-refractivity contribution in [2.45, 2.75) is 57.7 Å². The third kappa shape index (κ3) is 6.22. The molecule has 2 aromatic carbocycles. The number of carbonyl (C=O) groups is 2. The van der Waals surface area contributed by atoms with Gasteiger partial charge < -0.3 is 10.2 Å². The van der Waals surface area contributed by atoms with E-state index in [1.807, 2.05) is 24.3 Å². The Labute approximate surface area is 196 Å². The van der Waals surface area contributed by atoms with Gasteiger partial charge in [0.05, 0.1) is 6.42 Å². The number of carbonyl (C=O) groups excluding carboxylic acids is 2. The topological polar surface area (TPSA) is 49.4 Å². The van der Waals surface area contributed by atoms with Crippen molar-refractivity contribution in [3.63, 3.8) is 0 Å². The van der Waals surface area contributed by atoms with E-state index >= 15 is 0 Å². The summed E-state index contributed by atoms with van der Waals surface area (Å²) in [7, 11) is 0. The first-order valence-corrected chi connectivity index (χ1v) is 11.7. The molecule has 1 aliphatic carbocycles. The molecule has 1 N–H and O–H groups in total. The molecule has 7 heteroatoms. The normalized spacial score (nSPS) is 15.1. The van der Waals surface area contributed by atoms with E-state index in [4.69, 9.17) is 23.2 Å². The molecule has 1 atom stereocenters. The second-order valence-electron chi connectivity index (χ2n) is 7.73. The summed E-state index contributed by atoms with van der Waals surface area (Å²) in [6, 6.07) is 12.4. The van der Waals surface area contributed by atoms with Gasteiger partial charge in [-0.1, -0.05) is 70.2 Å². The van der Waals surface area contributed by atoms with Gasteiger partial charge in [0.25, 0.3) is 0 Å². The molecule has 0 unspecified atom stereocenters. The molecule has 1 saturated carbocycles. The van der Waals surface area contributed by atoms with Crippen molar-refractivity contribution in [2.75, 3.05) is 0 Å². The van der Waals surface area contributed by atoms with Crippen molar-refractivity contribution in [3.05, 3.63) is 68.1 Å². The Balaban J connectivity index is 1.79. The average Bonchev–Trinajstić information content (AvgIpc) is 3.20. The van der Waals surface area contributed by atoms with E-state index in [0.29, 0.717) is 22.2 Å². The van der Waals surface area contributed by atoms with Crippen molar-refractivity contribution < 1.29 is 9.59 Å². The summed E-state index contributed by atoms with van der Waals surface area (Å²) >= 11 is 15.7. The molecule has 160 valence electrons. The lowest BCUT2D eigenvalue weighted by atomic mass is 10.1. The summed E-state index contributed by atoms with van der Waals surface area (Å²) in [6.45, 7) is 2.12. The maximum Gasteiger partial charge on any atom is 0.242 e. The lowest BCUT2D eigenvalue weighted by Gasteiger charge is -2.30. The minimum atomic E-state index is -0.594. The molecule has 0 bridgehead atoms. The van der Waals surface area contributed by atoms with E-state index < -0.39 is 6.04 Å². The highest BCUT2D eigenvalue weighted by Gasteiger charge is 2.28. The summed E-state index contributed by atoms with van der Waals surface area (Å²) < 4.78 is 0.927. The van der Waals surface area contributed by atoms with Crippen LogP contribution in [0.15, 0.2) is 46.9 Å². The van der Waals surface area contributed by atoms with Crippen LogP contribution in [-0.2, 0) is 22.6 Å². The molecule has 2 aromatic rings. The van der Waals surface area contributed by atoms with Crippen LogP contribution in [0.4, 0.5) is 0 Å². The van der Waals surface area contributed by atoms with Gasteiger partial charge >= 0.3 is 0 Å². The van der Waals surface area contributed by atoms with E-state index in [9.17, 15) is 9.59 Å². The van der Waals surface area contributed by atoms with E-state index in [-0.39, 0.29) is 24.3 Å². The van der Waals surface area contributed by atoms with Gasteiger partial charge in [0, 0.05) is 27.1 Å². The van der Waals surface area contributed by atoms with Gasteiger partial charge in [0.1, 0.15) is 6.04 Å². The third-order valence-corrected chi connectivity index (χ3v) is 6.55. The zero-order valence-electron chi connectivity index (χ0n) is 16.8. The first-order chi connectivity index (χ1) is 14.3. The quantitative estimate of drug-likeness (QED) is 0.512. The molecule has 1 aliphatic rings. The predicted octanol–water partition coefficient (Wildman–Crippen LogP) is 5.77. The fourth-order valence-electron chi connectivity index (χ4n) is 3.74. The van der Waals surface area contributed by atoms with Crippen LogP contribution in [0.25, 0.3) is 0 Å². The Hall–Kier alpha value is -1.56. The first kappa shape index (κ1) is 23.1. The highest BCUT2D eigenvalue weighted by Crippen LogP contribution is 2.23. The Morgan fingerprint density at radius 1 is 1.17 bits per heavy atom. The summed E-state index contributed by atoms with van der Waals surface area (Å²) in [4.78, 5) is 27.8. The second kappa shape index (κ2) is 10.7. The van der Waals surface area contributed by atoms with E-state index in [0.717, 1.165) is 35.7 Å². The molecule has 0 heterocycles. The van der Waals surface area contributed by atoms with Crippen LogP contribution in [-0.4, -0.2) is 28.8 Å². The highest BCUT2D eigenvalue weighted by atomic mass is 79.9. The summed E-state index contributed by atoms with van der Waals surface area (Å²) in [6.07, 6.45) is 4.37. The predicted molar refractivity (Wildman–Crippen MR) is 125 cm³/mol. The van der Waals surface area contributed by atoms with Crippen molar-refractivity contribution in [1.82, 2.24) is 10.2 Å². The monoisotopic (exact) mass is 510 g/mol. The number of nitrogens with one attached hydrogen (secondary N) is 1. The summed E-state index contributed by atoms with van der Waals surface area (Å²) in [5.74, 6) is -0.277. The molecule has 0 radical (unpaired) electrons. The number of hydrogen-bond donors (Lipinski definition) is 1. The Bertz CT molecular complexity index is 916. The lowest BCUT2D eigenvalue weighted by Crippen LogP contribution is -2.50. The molecule has 30 heavy (non-hydrogen) atoms. The Morgan fingerprint density at radius 3 is 2.57 bits per heavy atom. The molecular weight excluding hydrogens is 487 g/mol. The SMILES string of the molecule is C[C@@H](C(=O)NC1CCCC1)N(Cc1cccc(Br)c1)C(=O)Cc1ccc(Cl)cc1Cl. The number of hydrogen-bond acceptors (Lipinski definition) is 2. The Morgan fingerprint density at radius 2 is 1.90 bits per heavy atom. The second-order valence-corrected chi connectivity index (χ2v) is 9.49. The Kier molecular flexibility index (Phi) is 8.20. The minimum absolute atomic E-state index is 0.102. The smallest absolute Gasteiger partial charge is 0.242 e. The number of rotatable bonds is 7.